The molecule has 9 heteroatoms. The van der Waals surface area contributed by atoms with Crippen LogP contribution in [0, 0.1) is 6.92 Å². The van der Waals surface area contributed by atoms with Crippen LogP contribution in [-0.2, 0) is 22.6 Å². The third kappa shape index (κ3) is 4.15. The van der Waals surface area contributed by atoms with E-state index in [1.807, 2.05) is 31.2 Å². The smallest absolute Gasteiger partial charge is 0.332 e. The molecule has 1 unspecified atom stereocenters. The molecule has 1 saturated heterocycles. The molecule has 1 amide bonds. The summed E-state index contributed by atoms with van der Waals surface area (Å²) in [5.41, 5.74) is 1.56. The van der Waals surface area contributed by atoms with Crippen molar-refractivity contribution >= 4 is 28.5 Å². The van der Waals surface area contributed by atoms with E-state index >= 15 is 0 Å². The van der Waals surface area contributed by atoms with E-state index in [-0.39, 0.29) is 30.6 Å². The Morgan fingerprint density at radius 1 is 1.28 bits per heavy atom. The summed E-state index contributed by atoms with van der Waals surface area (Å²) < 4.78 is 12.1. The quantitative estimate of drug-likeness (QED) is 0.656. The fourth-order valence-electron chi connectivity index (χ4n) is 3.44. The van der Waals surface area contributed by atoms with Gasteiger partial charge in [0.1, 0.15) is 6.54 Å². The highest BCUT2D eigenvalue weighted by Gasteiger charge is 2.19. The van der Waals surface area contributed by atoms with Crippen molar-refractivity contribution in [2.75, 3.05) is 13.2 Å². The van der Waals surface area contributed by atoms with Crippen LogP contribution < -0.4 is 16.6 Å². The van der Waals surface area contributed by atoms with Crippen molar-refractivity contribution in [2.24, 2.45) is 0 Å². The summed E-state index contributed by atoms with van der Waals surface area (Å²) in [6, 6.07) is 7.62. The molecular weight excluding hydrogens is 392 g/mol. The summed E-state index contributed by atoms with van der Waals surface area (Å²) in [4.78, 5) is 38.3. The number of benzene rings is 1. The number of nitrogens with one attached hydrogen (secondary N) is 1. The maximum Gasteiger partial charge on any atom is 0.332 e. The van der Waals surface area contributed by atoms with Crippen LogP contribution in [0.4, 0.5) is 0 Å². The second-order valence-electron chi connectivity index (χ2n) is 7.23. The van der Waals surface area contributed by atoms with Crippen LogP contribution in [0.15, 0.2) is 39.2 Å². The van der Waals surface area contributed by atoms with Crippen molar-refractivity contribution in [1.29, 1.82) is 0 Å². The van der Waals surface area contributed by atoms with Gasteiger partial charge < -0.3 is 10.1 Å². The van der Waals surface area contributed by atoms with E-state index in [1.54, 1.807) is 5.38 Å². The minimum Gasteiger partial charge on any atom is -0.376 e. The number of rotatable bonds is 6. The summed E-state index contributed by atoms with van der Waals surface area (Å²) >= 11 is 1.09. The Morgan fingerprint density at radius 2 is 2.07 bits per heavy atom. The highest BCUT2D eigenvalue weighted by Crippen LogP contribution is 2.12. The number of hydrogen-bond donors (Lipinski definition) is 1. The summed E-state index contributed by atoms with van der Waals surface area (Å²) in [6.45, 7) is 3.06. The van der Waals surface area contributed by atoms with Crippen molar-refractivity contribution in [3.63, 3.8) is 0 Å². The van der Waals surface area contributed by atoms with Gasteiger partial charge in [0.25, 0.3) is 5.56 Å². The lowest BCUT2D eigenvalue weighted by atomic mass is 10.1. The van der Waals surface area contributed by atoms with Crippen LogP contribution in [-0.4, -0.2) is 38.7 Å². The third-order valence-corrected chi connectivity index (χ3v) is 5.68. The zero-order valence-corrected chi connectivity index (χ0v) is 16.9. The normalized spacial score (nSPS) is 16.4. The van der Waals surface area contributed by atoms with Crippen LogP contribution in [0.2, 0.25) is 0 Å². The van der Waals surface area contributed by atoms with Gasteiger partial charge in [-0.15, -0.1) is 0 Å². The van der Waals surface area contributed by atoms with Crippen LogP contribution in [0.3, 0.4) is 0 Å². The maximum absolute atomic E-state index is 13.1. The number of hydrogen-bond acceptors (Lipinski definition) is 6. The molecule has 8 nitrogen and oxygen atoms in total. The first kappa shape index (κ1) is 19.5. The number of aromatic nitrogens is 3. The third-order valence-electron chi connectivity index (χ3n) is 5.07. The molecule has 4 rings (SSSR count). The van der Waals surface area contributed by atoms with Crippen LogP contribution in [0.5, 0.6) is 0 Å². The molecule has 1 N–H and O–H groups in total. The second kappa shape index (κ2) is 8.30. The molecule has 2 aromatic heterocycles. The summed E-state index contributed by atoms with van der Waals surface area (Å²) in [5.74, 6) is -0.296. The molecule has 0 spiro atoms. The van der Waals surface area contributed by atoms with E-state index < -0.39 is 11.2 Å². The van der Waals surface area contributed by atoms with Gasteiger partial charge in [-0.2, -0.15) is 4.37 Å². The average Bonchev–Trinajstić information content (AvgIpc) is 3.40. The lowest BCUT2D eigenvalue weighted by Crippen LogP contribution is -2.43. The van der Waals surface area contributed by atoms with Crippen LogP contribution in [0.25, 0.3) is 11.0 Å². The molecule has 1 aliphatic rings. The lowest BCUT2D eigenvalue weighted by molar-refractivity contribution is -0.122. The van der Waals surface area contributed by atoms with E-state index in [4.69, 9.17) is 4.74 Å². The topological polar surface area (TPSA) is 95.2 Å². The van der Waals surface area contributed by atoms with Gasteiger partial charge in [0.05, 0.1) is 18.2 Å². The van der Waals surface area contributed by atoms with Crippen molar-refractivity contribution in [2.45, 2.75) is 39.0 Å². The Hall–Kier alpha value is -2.78. The molecule has 0 aliphatic carbocycles. The Kier molecular flexibility index (Phi) is 5.59. The van der Waals surface area contributed by atoms with E-state index in [0.29, 0.717) is 18.7 Å². The van der Waals surface area contributed by atoms with Crippen molar-refractivity contribution < 1.29 is 9.53 Å². The minimum atomic E-state index is -0.518. The molecule has 1 atom stereocenters. The van der Waals surface area contributed by atoms with E-state index in [2.05, 4.69) is 9.69 Å². The first-order valence-corrected chi connectivity index (χ1v) is 10.4. The van der Waals surface area contributed by atoms with Gasteiger partial charge in [0.2, 0.25) is 5.91 Å². The molecule has 152 valence electrons. The van der Waals surface area contributed by atoms with Gasteiger partial charge in [-0.05, 0) is 36.9 Å². The fraction of sp³-hybridized carbons (Fsp3) is 0.400. The number of nitrogens with zero attached hydrogens (tertiary/aromatic N) is 3. The summed E-state index contributed by atoms with van der Waals surface area (Å²) in [6.07, 6.45) is 1.93. The molecular formula is C20H22N4O4S. The highest BCUT2D eigenvalue weighted by molar-refractivity contribution is 7.04. The first-order chi connectivity index (χ1) is 14.0. The number of amides is 1. The van der Waals surface area contributed by atoms with Crippen LogP contribution >= 0.6 is 11.5 Å². The van der Waals surface area contributed by atoms with Gasteiger partial charge in [-0.3, -0.25) is 18.7 Å². The van der Waals surface area contributed by atoms with Gasteiger partial charge in [0.15, 0.2) is 5.52 Å². The molecule has 1 aromatic carbocycles. The van der Waals surface area contributed by atoms with Gasteiger partial charge in [-0.25, -0.2) is 4.79 Å². The number of fused-ring (bicyclic) bond motifs is 1. The molecule has 0 bridgehead atoms. The maximum atomic E-state index is 13.1. The molecule has 0 radical (unpaired) electrons. The minimum absolute atomic E-state index is 0.0222. The molecule has 3 heterocycles. The molecule has 1 aliphatic heterocycles. The predicted molar refractivity (Wildman–Crippen MR) is 110 cm³/mol. The summed E-state index contributed by atoms with van der Waals surface area (Å²) in [5, 5.41) is 4.45. The number of carbonyl (C=O) groups is 1. The van der Waals surface area contributed by atoms with Crippen molar-refractivity contribution in [1.82, 2.24) is 18.8 Å². The second-order valence-corrected chi connectivity index (χ2v) is 7.86. The van der Waals surface area contributed by atoms with Gasteiger partial charge in [-0.1, -0.05) is 29.8 Å². The SMILES string of the molecule is Cc1ccc(Cn2c(=O)c3nscc3n(CC(=O)NCC3CCCO3)c2=O)cc1. The average molecular weight is 414 g/mol. The Bertz CT molecular complexity index is 1140. The Morgan fingerprint density at radius 3 is 2.79 bits per heavy atom. The van der Waals surface area contributed by atoms with Crippen molar-refractivity contribution in [3.8, 4) is 0 Å². The number of aryl methyl sites for hydroxylation is 1. The fourth-order valence-corrected chi connectivity index (χ4v) is 4.10. The van der Waals surface area contributed by atoms with Gasteiger partial charge >= 0.3 is 5.69 Å². The molecule has 1 fully saturated rings. The van der Waals surface area contributed by atoms with Gasteiger partial charge in [0, 0.05) is 18.5 Å². The molecule has 29 heavy (non-hydrogen) atoms. The largest absolute Gasteiger partial charge is 0.376 e. The Labute approximate surface area is 170 Å². The van der Waals surface area contributed by atoms with Crippen molar-refractivity contribution in [3.05, 3.63) is 61.6 Å². The number of carbonyl (C=O) groups excluding carboxylic acids is 1. The monoisotopic (exact) mass is 414 g/mol. The predicted octanol–water partition coefficient (Wildman–Crippen LogP) is 1.27. The molecule has 3 aromatic rings. The van der Waals surface area contributed by atoms with E-state index in [1.165, 1.54) is 4.57 Å². The zero-order valence-electron chi connectivity index (χ0n) is 16.1. The Balaban J connectivity index is 1.63. The first-order valence-electron chi connectivity index (χ1n) is 9.54. The van der Waals surface area contributed by atoms with Crippen LogP contribution in [0.1, 0.15) is 24.0 Å². The standard InChI is InChI=1S/C20H22N4O4S/c1-13-4-6-14(7-5-13)10-24-19(26)18-16(12-29-22-18)23(20(24)27)11-17(25)21-9-15-3-2-8-28-15/h4-7,12,15H,2-3,8-11H2,1H3,(H,21,25). The van der Waals surface area contributed by atoms with E-state index in [9.17, 15) is 14.4 Å². The number of ether oxygens (including phenoxy) is 1. The molecule has 0 saturated carbocycles. The zero-order chi connectivity index (χ0) is 20.4. The lowest BCUT2D eigenvalue weighted by Gasteiger charge is -2.14. The summed E-state index contributed by atoms with van der Waals surface area (Å²) in [7, 11) is 0. The highest BCUT2D eigenvalue weighted by atomic mass is 32.1. The van der Waals surface area contributed by atoms with E-state index in [0.717, 1.165) is 40.1 Å².